The number of nitrogens with zero attached hydrogens (tertiary/aromatic N) is 1. The van der Waals surface area contributed by atoms with E-state index >= 15 is 0 Å². The summed E-state index contributed by atoms with van der Waals surface area (Å²) >= 11 is 0. The van der Waals surface area contributed by atoms with E-state index < -0.39 is 0 Å². The number of phenolic OH excluding ortho intramolecular Hbond substituents is 1. The predicted octanol–water partition coefficient (Wildman–Crippen LogP) is 2.37. The highest BCUT2D eigenvalue weighted by Crippen LogP contribution is 2.33. The lowest BCUT2D eigenvalue weighted by atomic mass is 9.86. The van der Waals surface area contributed by atoms with Gasteiger partial charge in [-0.25, -0.2) is 0 Å². The molecule has 1 aliphatic carbocycles. The Bertz CT molecular complexity index is 522. The van der Waals surface area contributed by atoms with Crippen LogP contribution in [0.1, 0.15) is 49.8 Å². The molecule has 2 aliphatic rings. The fraction of sp³-hybridized carbons (Fsp3) is 0.588. The maximum Gasteiger partial charge on any atom is 0.219 e. The SMILES string of the molecule is CC(=O)N1CCC(NC2CCCc3ccc(O)cc32)CC1. The number of phenols is 1. The number of hydrogen-bond acceptors (Lipinski definition) is 3. The highest BCUT2D eigenvalue weighted by atomic mass is 16.3. The highest BCUT2D eigenvalue weighted by Gasteiger charge is 2.26. The van der Waals surface area contributed by atoms with E-state index in [1.54, 1.807) is 13.0 Å². The fourth-order valence-corrected chi connectivity index (χ4v) is 3.61. The van der Waals surface area contributed by atoms with Gasteiger partial charge in [-0.15, -0.1) is 0 Å². The Morgan fingerprint density at radius 3 is 2.76 bits per heavy atom. The molecule has 4 heteroatoms. The molecule has 2 N–H and O–H groups in total. The van der Waals surface area contributed by atoms with E-state index in [1.807, 2.05) is 11.0 Å². The average molecular weight is 288 g/mol. The van der Waals surface area contributed by atoms with Gasteiger partial charge in [0.2, 0.25) is 5.91 Å². The zero-order valence-corrected chi connectivity index (χ0v) is 12.6. The zero-order valence-electron chi connectivity index (χ0n) is 12.6. The number of carbonyl (C=O) groups excluding carboxylic acids is 1. The van der Waals surface area contributed by atoms with Gasteiger partial charge in [-0.2, -0.15) is 0 Å². The molecule has 1 atom stereocenters. The molecule has 0 spiro atoms. The predicted molar refractivity (Wildman–Crippen MR) is 82.2 cm³/mol. The quantitative estimate of drug-likeness (QED) is 0.878. The van der Waals surface area contributed by atoms with Crippen LogP contribution in [0.4, 0.5) is 0 Å². The van der Waals surface area contributed by atoms with E-state index in [1.165, 1.54) is 17.5 Å². The molecule has 114 valence electrons. The Balaban J connectivity index is 1.65. The van der Waals surface area contributed by atoms with Gasteiger partial charge in [0.1, 0.15) is 5.75 Å². The molecular formula is C17H24N2O2. The van der Waals surface area contributed by atoms with Crippen molar-refractivity contribution < 1.29 is 9.90 Å². The van der Waals surface area contributed by atoms with Crippen LogP contribution in [0.5, 0.6) is 5.75 Å². The van der Waals surface area contributed by atoms with E-state index in [0.717, 1.165) is 38.8 Å². The second kappa shape index (κ2) is 6.06. The summed E-state index contributed by atoms with van der Waals surface area (Å²) in [7, 11) is 0. The van der Waals surface area contributed by atoms with Crippen molar-refractivity contribution in [3.63, 3.8) is 0 Å². The van der Waals surface area contributed by atoms with Gasteiger partial charge in [-0.1, -0.05) is 6.07 Å². The number of hydrogen-bond donors (Lipinski definition) is 2. The van der Waals surface area contributed by atoms with E-state index in [4.69, 9.17) is 0 Å². The van der Waals surface area contributed by atoms with Crippen molar-refractivity contribution in [1.29, 1.82) is 0 Å². The summed E-state index contributed by atoms with van der Waals surface area (Å²) in [6.07, 6.45) is 5.47. The Labute approximate surface area is 126 Å². The first-order valence-corrected chi connectivity index (χ1v) is 7.97. The molecule has 1 amide bonds. The summed E-state index contributed by atoms with van der Waals surface area (Å²) in [5.41, 5.74) is 2.62. The van der Waals surface area contributed by atoms with Gasteiger partial charge in [0, 0.05) is 32.1 Å². The molecular weight excluding hydrogens is 264 g/mol. The molecule has 0 radical (unpaired) electrons. The van der Waals surface area contributed by atoms with Gasteiger partial charge in [0.15, 0.2) is 0 Å². The van der Waals surface area contributed by atoms with Crippen LogP contribution >= 0.6 is 0 Å². The van der Waals surface area contributed by atoms with E-state index in [-0.39, 0.29) is 5.91 Å². The normalized spacial score (nSPS) is 22.9. The lowest BCUT2D eigenvalue weighted by Gasteiger charge is -2.36. The summed E-state index contributed by atoms with van der Waals surface area (Å²) in [6, 6.07) is 6.56. The third kappa shape index (κ3) is 3.21. The Kier molecular flexibility index (Phi) is 4.15. The monoisotopic (exact) mass is 288 g/mol. The Morgan fingerprint density at radius 2 is 2.05 bits per heavy atom. The molecule has 4 nitrogen and oxygen atoms in total. The van der Waals surface area contributed by atoms with Gasteiger partial charge < -0.3 is 15.3 Å². The second-order valence-electron chi connectivity index (χ2n) is 6.27. The molecule has 1 fully saturated rings. The number of fused-ring (bicyclic) bond motifs is 1. The lowest BCUT2D eigenvalue weighted by Crippen LogP contribution is -2.45. The molecule has 1 heterocycles. The van der Waals surface area contributed by atoms with Gasteiger partial charge in [-0.05, 0) is 55.4 Å². The van der Waals surface area contributed by atoms with Crippen molar-refractivity contribution in [1.82, 2.24) is 10.2 Å². The van der Waals surface area contributed by atoms with E-state index in [9.17, 15) is 9.90 Å². The van der Waals surface area contributed by atoms with Crippen molar-refractivity contribution in [2.45, 2.75) is 51.1 Å². The van der Waals surface area contributed by atoms with Crippen molar-refractivity contribution in [2.75, 3.05) is 13.1 Å². The number of carbonyl (C=O) groups is 1. The molecule has 1 aromatic carbocycles. The Hall–Kier alpha value is -1.55. The van der Waals surface area contributed by atoms with Gasteiger partial charge in [0.25, 0.3) is 0 Å². The van der Waals surface area contributed by atoms with Crippen LogP contribution in [0, 0.1) is 0 Å². The number of piperidine rings is 1. The van der Waals surface area contributed by atoms with Crippen LogP contribution < -0.4 is 5.32 Å². The van der Waals surface area contributed by atoms with Crippen LogP contribution in [-0.4, -0.2) is 35.0 Å². The van der Waals surface area contributed by atoms with Crippen LogP contribution in [0.2, 0.25) is 0 Å². The highest BCUT2D eigenvalue weighted by molar-refractivity contribution is 5.73. The van der Waals surface area contributed by atoms with Crippen molar-refractivity contribution in [3.8, 4) is 5.75 Å². The first-order valence-electron chi connectivity index (χ1n) is 7.97. The van der Waals surface area contributed by atoms with Crippen molar-refractivity contribution >= 4 is 5.91 Å². The average Bonchev–Trinajstić information content (AvgIpc) is 2.48. The number of aromatic hydroxyl groups is 1. The van der Waals surface area contributed by atoms with Crippen LogP contribution in [-0.2, 0) is 11.2 Å². The second-order valence-corrected chi connectivity index (χ2v) is 6.27. The summed E-state index contributed by atoms with van der Waals surface area (Å²) in [4.78, 5) is 13.3. The fourth-order valence-electron chi connectivity index (χ4n) is 3.61. The van der Waals surface area contributed by atoms with Gasteiger partial charge in [-0.3, -0.25) is 4.79 Å². The number of aryl methyl sites for hydroxylation is 1. The van der Waals surface area contributed by atoms with Crippen molar-refractivity contribution in [2.24, 2.45) is 0 Å². The largest absolute Gasteiger partial charge is 0.508 e. The summed E-state index contributed by atoms with van der Waals surface area (Å²) in [5, 5.41) is 13.5. The smallest absolute Gasteiger partial charge is 0.219 e. The third-order valence-corrected chi connectivity index (χ3v) is 4.82. The molecule has 0 aromatic heterocycles. The molecule has 0 saturated carbocycles. The molecule has 1 unspecified atom stereocenters. The zero-order chi connectivity index (χ0) is 14.8. The first kappa shape index (κ1) is 14.4. The minimum atomic E-state index is 0.182. The summed E-state index contributed by atoms with van der Waals surface area (Å²) in [5.74, 6) is 0.537. The third-order valence-electron chi connectivity index (χ3n) is 4.82. The summed E-state index contributed by atoms with van der Waals surface area (Å²) < 4.78 is 0. The van der Waals surface area contributed by atoms with E-state index in [2.05, 4.69) is 11.4 Å². The first-order chi connectivity index (χ1) is 10.1. The number of benzene rings is 1. The van der Waals surface area contributed by atoms with E-state index in [0.29, 0.717) is 17.8 Å². The van der Waals surface area contributed by atoms with Crippen LogP contribution in [0.25, 0.3) is 0 Å². The molecule has 1 aromatic rings. The van der Waals surface area contributed by atoms with Crippen LogP contribution in [0.3, 0.4) is 0 Å². The lowest BCUT2D eigenvalue weighted by molar-refractivity contribution is -0.129. The number of amides is 1. The molecule has 0 bridgehead atoms. The van der Waals surface area contributed by atoms with Gasteiger partial charge >= 0.3 is 0 Å². The number of likely N-dealkylation sites (tertiary alicyclic amines) is 1. The van der Waals surface area contributed by atoms with Gasteiger partial charge in [0.05, 0.1) is 0 Å². The topological polar surface area (TPSA) is 52.6 Å². The maximum absolute atomic E-state index is 11.4. The summed E-state index contributed by atoms with van der Waals surface area (Å²) in [6.45, 7) is 3.35. The number of nitrogens with one attached hydrogen (secondary N) is 1. The Morgan fingerprint density at radius 1 is 1.29 bits per heavy atom. The molecule has 1 saturated heterocycles. The molecule has 21 heavy (non-hydrogen) atoms. The minimum Gasteiger partial charge on any atom is -0.508 e. The standard InChI is InChI=1S/C17H24N2O2/c1-12(20)19-9-7-14(8-10-19)18-17-4-2-3-13-5-6-15(21)11-16(13)17/h5-6,11,14,17-18,21H,2-4,7-10H2,1H3. The molecule has 3 rings (SSSR count). The van der Waals surface area contributed by atoms with Crippen LogP contribution in [0.15, 0.2) is 18.2 Å². The minimum absolute atomic E-state index is 0.182. The number of rotatable bonds is 2. The van der Waals surface area contributed by atoms with Crippen molar-refractivity contribution in [3.05, 3.63) is 29.3 Å². The molecule has 1 aliphatic heterocycles. The maximum atomic E-state index is 11.4.